The van der Waals surface area contributed by atoms with Crippen molar-refractivity contribution in [1.82, 2.24) is 0 Å². The predicted octanol–water partition coefficient (Wildman–Crippen LogP) is -0.0947. The Morgan fingerprint density at radius 1 is 1.50 bits per heavy atom. The van der Waals surface area contributed by atoms with Gasteiger partial charge in [-0.3, -0.25) is 4.79 Å². The van der Waals surface area contributed by atoms with Crippen LogP contribution in [-0.4, -0.2) is 31.7 Å². The number of benzene rings is 1. The molecule has 2 rings (SSSR count). The number of hydrogen-bond donors (Lipinski definition) is 2. The summed E-state index contributed by atoms with van der Waals surface area (Å²) in [6.07, 6.45) is 0.0483. The van der Waals surface area contributed by atoms with E-state index in [1.165, 1.54) is 23.1 Å². The second-order valence-corrected chi connectivity index (χ2v) is 6.38. The molecule has 1 aromatic rings. The summed E-state index contributed by atoms with van der Waals surface area (Å²) in [6.45, 7) is 0.151. The number of nitrogens with zero attached hydrogens (tertiary/aromatic N) is 2. The molecule has 1 amide bonds. The lowest BCUT2D eigenvalue weighted by Crippen LogP contribution is -2.27. The Bertz CT molecular complexity index is 693. The number of nitriles is 1. The molecule has 1 unspecified atom stereocenters. The molecule has 1 fully saturated rings. The molecule has 1 saturated heterocycles. The molecule has 0 spiro atoms. The maximum absolute atomic E-state index is 11.9. The van der Waals surface area contributed by atoms with E-state index in [1.807, 2.05) is 6.07 Å². The summed E-state index contributed by atoms with van der Waals surface area (Å²) in [7, 11) is -3.65. The van der Waals surface area contributed by atoms with Crippen molar-refractivity contribution < 1.29 is 18.3 Å². The molecule has 8 heteroatoms. The molecular weight excluding hydrogens is 282 g/mol. The molecule has 0 bridgehead atoms. The fraction of sp³-hybridized carbons (Fsp3) is 0.333. The average Bonchev–Trinajstić information content (AvgIpc) is 2.68. The second kappa shape index (κ2) is 5.11. The Hall–Kier alpha value is -2.11. The fourth-order valence-electron chi connectivity index (χ4n) is 2.26. The minimum atomic E-state index is -3.65. The molecule has 20 heavy (non-hydrogen) atoms. The fourth-order valence-corrected chi connectivity index (χ4v) is 3.14. The molecule has 0 saturated carbocycles. The van der Waals surface area contributed by atoms with Crippen molar-refractivity contribution in [2.24, 2.45) is 11.1 Å². The number of carbonyl (C=O) groups is 1. The minimum Gasteiger partial charge on any atom is -0.506 e. The van der Waals surface area contributed by atoms with E-state index >= 15 is 0 Å². The van der Waals surface area contributed by atoms with Crippen LogP contribution >= 0.6 is 0 Å². The summed E-state index contributed by atoms with van der Waals surface area (Å²) in [4.78, 5) is 13.2. The summed E-state index contributed by atoms with van der Waals surface area (Å²) < 4.78 is 22.1. The summed E-state index contributed by atoms with van der Waals surface area (Å²) >= 11 is 0. The van der Waals surface area contributed by atoms with Crippen LogP contribution in [0.1, 0.15) is 12.0 Å². The highest BCUT2D eigenvalue weighted by Gasteiger charge is 2.34. The lowest BCUT2D eigenvalue weighted by molar-refractivity contribution is -0.117. The highest BCUT2D eigenvalue weighted by molar-refractivity contribution is 7.89. The zero-order chi connectivity index (χ0) is 14.9. The van der Waals surface area contributed by atoms with Gasteiger partial charge in [0.2, 0.25) is 15.9 Å². The van der Waals surface area contributed by atoms with E-state index in [1.54, 1.807) is 0 Å². The first-order chi connectivity index (χ1) is 9.30. The number of anilines is 1. The smallest absolute Gasteiger partial charge is 0.227 e. The molecule has 1 atom stereocenters. The average molecular weight is 295 g/mol. The normalized spacial score (nSPS) is 19.1. The van der Waals surface area contributed by atoms with E-state index in [-0.39, 0.29) is 36.1 Å². The van der Waals surface area contributed by atoms with Crippen molar-refractivity contribution in [2.45, 2.75) is 6.42 Å². The quantitative estimate of drug-likeness (QED) is 0.806. The number of hydrogen-bond acceptors (Lipinski definition) is 5. The third kappa shape index (κ3) is 3.07. The van der Waals surface area contributed by atoms with Crippen molar-refractivity contribution in [3.8, 4) is 11.8 Å². The van der Waals surface area contributed by atoms with Crippen LogP contribution in [0, 0.1) is 17.2 Å². The lowest BCUT2D eigenvalue weighted by atomic mass is 10.1. The number of phenols is 1. The molecule has 1 aliphatic rings. The second-order valence-electron chi connectivity index (χ2n) is 4.72. The van der Waals surface area contributed by atoms with E-state index in [9.17, 15) is 18.3 Å². The van der Waals surface area contributed by atoms with Gasteiger partial charge in [0.25, 0.3) is 0 Å². The van der Waals surface area contributed by atoms with E-state index in [0.717, 1.165) is 0 Å². The molecule has 1 aliphatic heterocycles. The number of rotatable bonds is 3. The molecule has 3 N–H and O–H groups in total. The monoisotopic (exact) mass is 295 g/mol. The third-order valence-electron chi connectivity index (χ3n) is 3.07. The van der Waals surface area contributed by atoms with Crippen molar-refractivity contribution in [2.75, 3.05) is 17.2 Å². The molecule has 1 aromatic carbocycles. The standard InChI is InChI=1S/C12H13N3O4S/c13-5-8-1-2-11(16)10(3-8)15-6-9(4-12(15)17)7-20(14,18)19/h1-3,9,16H,4,6-7H2,(H2,14,18,19). The molecule has 7 nitrogen and oxygen atoms in total. The van der Waals surface area contributed by atoms with Crippen LogP contribution in [0.15, 0.2) is 18.2 Å². The Labute approximate surface area is 116 Å². The Balaban J connectivity index is 2.26. The van der Waals surface area contributed by atoms with Gasteiger partial charge >= 0.3 is 0 Å². The summed E-state index contributed by atoms with van der Waals surface area (Å²) in [6, 6.07) is 6.07. The van der Waals surface area contributed by atoms with Gasteiger partial charge in [0.05, 0.1) is 23.1 Å². The Morgan fingerprint density at radius 2 is 2.20 bits per heavy atom. The summed E-state index contributed by atoms with van der Waals surface area (Å²) in [5, 5.41) is 23.6. The number of phenolic OH excluding ortho intramolecular Hbond substituents is 1. The van der Waals surface area contributed by atoms with Crippen LogP contribution in [0.4, 0.5) is 5.69 Å². The molecule has 106 valence electrons. The molecule has 0 radical (unpaired) electrons. The first-order valence-corrected chi connectivity index (χ1v) is 7.55. The van der Waals surface area contributed by atoms with Gasteiger partial charge < -0.3 is 10.0 Å². The third-order valence-corrected chi connectivity index (χ3v) is 4.00. The van der Waals surface area contributed by atoms with E-state index in [4.69, 9.17) is 10.4 Å². The van der Waals surface area contributed by atoms with Gasteiger partial charge in [-0.15, -0.1) is 0 Å². The van der Waals surface area contributed by atoms with Crippen LogP contribution < -0.4 is 10.0 Å². The largest absolute Gasteiger partial charge is 0.506 e. The first-order valence-electron chi connectivity index (χ1n) is 5.84. The van der Waals surface area contributed by atoms with Crippen LogP contribution in [0.3, 0.4) is 0 Å². The minimum absolute atomic E-state index is 0.0483. The van der Waals surface area contributed by atoms with Crippen LogP contribution in [0.5, 0.6) is 5.75 Å². The van der Waals surface area contributed by atoms with Gasteiger partial charge in [-0.2, -0.15) is 5.26 Å². The zero-order valence-corrected chi connectivity index (χ0v) is 11.3. The number of carbonyl (C=O) groups excluding carboxylic acids is 1. The SMILES string of the molecule is N#Cc1ccc(O)c(N2CC(CS(N)(=O)=O)CC2=O)c1. The highest BCUT2D eigenvalue weighted by atomic mass is 32.2. The zero-order valence-electron chi connectivity index (χ0n) is 10.5. The van der Waals surface area contributed by atoms with Crippen molar-refractivity contribution in [1.29, 1.82) is 5.26 Å². The van der Waals surface area contributed by atoms with Gasteiger partial charge in [-0.05, 0) is 18.2 Å². The topological polar surface area (TPSA) is 124 Å². The highest BCUT2D eigenvalue weighted by Crippen LogP contribution is 2.33. The van der Waals surface area contributed by atoms with Gasteiger partial charge in [0.15, 0.2) is 0 Å². The molecule has 1 heterocycles. The Morgan fingerprint density at radius 3 is 2.80 bits per heavy atom. The lowest BCUT2D eigenvalue weighted by Gasteiger charge is -2.18. The van der Waals surface area contributed by atoms with Crippen LogP contribution in [0.25, 0.3) is 0 Å². The number of amides is 1. The number of nitrogens with two attached hydrogens (primary N) is 1. The Kier molecular flexibility index (Phi) is 3.65. The van der Waals surface area contributed by atoms with Gasteiger partial charge in [0, 0.05) is 18.9 Å². The molecule has 0 aromatic heterocycles. The number of primary sulfonamides is 1. The van der Waals surface area contributed by atoms with Gasteiger partial charge in [0.1, 0.15) is 5.75 Å². The van der Waals surface area contributed by atoms with E-state index in [2.05, 4.69) is 0 Å². The predicted molar refractivity (Wildman–Crippen MR) is 71.3 cm³/mol. The van der Waals surface area contributed by atoms with E-state index < -0.39 is 15.9 Å². The molecular formula is C12H13N3O4S. The first kappa shape index (κ1) is 14.3. The van der Waals surface area contributed by atoms with E-state index in [0.29, 0.717) is 5.56 Å². The number of sulfonamides is 1. The van der Waals surface area contributed by atoms with Crippen LogP contribution in [-0.2, 0) is 14.8 Å². The summed E-state index contributed by atoms with van der Waals surface area (Å²) in [5.41, 5.74) is 0.520. The van der Waals surface area contributed by atoms with Crippen molar-refractivity contribution >= 4 is 21.6 Å². The molecule has 0 aliphatic carbocycles. The van der Waals surface area contributed by atoms with Gasteiger partial charge in [-0.25, -0.2) is 13.6 Å². The van der Waals surface area contributed by atoms with Crippen molar-refractivity contribution in [3.63, 3.8) is 0 Å². The van der Waals surface area contributed by atoms with Crippen LogP contribution in [0.2, 0.25) is 0 Å². The summed E-state index contributed by atoms with van der Waals surface area (Å²) in [5.74, 6) is -1.13. The maximum atomic E-state index is 11.9. The maximum Gasteiger partial charge on any atom is 0.227 e. The number of aromatic hydroxyl groups is 1. The van der Waals surface area contributed by atoms with Gasteiger partial charge in [-0.1, -0.05) is 0 Å². The van der Waals surface area contributed by atoms with Crippen molar-refractivity contribution in [3.05, 3.63) is 23.8 Å².